The molecule has 0 unspecified atom stereocenters. The van der Waals surface area contributed by atoms with Gasteiger partial charge in [0.2, 0.25) is 11.7 Å². The van der Waals surface area contributed by atoms with E-state index in [1.54, 1.807) is 0 Å². The van der Waals surface area contributed by atoms with Crippen molar-refractivity contribution in [2.75, 3.05) is 13.1 Å². The highest BCUT2D eigenvalue weighted by molar-refractivity contribution is 5.85. The molecule has 1 aliphatic rings. The Morgan fingerprint density at radius 2 is 2.33 bits per heavy atom. The zero-order chi connectivity index (χ0) is 11.7. The lowest BCUT2D eigenvalue weighted by molar-refractivity contribution is 0.322. The zero-order valence-corrected chi connectivity index (χ0v) is 10.5. The number of halogens is 2. The van der Waals surface area contributed by atoms with Crippen LogP contribution in [0.5, 0.6) is 0 Å². The largest absolute Gasteiger partial charge is 0.356 e. The first kappa shape index (κ1) is 13.0. The highest BCUT2D eigenvalue weighted by atomic mass is 35.5. The summed E-state index contributed by atoms with van der Waals surface area (Å²) in [5.41, 5.74) is 0.543. The van der Waals surface area contributed by atoms with E-state index < -0.39 is 0 Å². The minimum atomic E-state index is -0.328. The fourth-order valence-corrected chi connectivity index (χ4v) is 2.07. The molecule has 2 N–H and O–H groups in total. The first-order valence-corrected chi connectivity index (χ1v) is 5.71. The number of aromatic nitrogens is 3. The molecule has 0 aliphatic carbocycles. The minimum absolute atomic E-state index is 0. The van der Waals surface area contributed by atoms with Crippen LogP contribution in [0.4, 0.5) is 4.39 Å². The summed E-state index contributed by atoms with van der Waals surface area (Å²) in [6.07, 6.45) is 3.43. The number of H-pyrrole nitrogens is 1. The number of hydrogen-bond acceptors (Lipinski definition) is 4. The summed E-state index contributed by atoms with van der Waals surface area (Å²) >= 11 is 0. The molecule has 0 bridgehead atoms. The van der Waals surface area contributed by atoms with Gasteiger partial charge in [0, 0.05) is 18.8 Å². The Balaban J connectivity index is 0.00000120. The predicted molar refractivity (Wildman–Crippen MR) is 66.1 cm³/mol. The molecule has 18 heavy (non-hydrogen) atoms. The van der Waals surface area contributed by atoms with Crippen molar-refractivity contribution in [1.29, 1.82) is 0 Å². The van der Waals surface area contributed by atoms with Crippen LogP contribution in [0.25, 0.3) is 11.5 Å². The van der Waals surface area contributed by atoms with Crippen LogP contribution in [0.15, 0.2) is 16.8 Å². The Morgan fingerprint density at radius 3 is 3.00 bits per heavy atom. The number of nitrogens with one attached hydrogen (secondary N) is 2. The Hall–Kier alpha value is -1.40. The van der Waals surface area contributed by atoms with Gasteiger partial charge in [0.15, 0.2) is 0 Å². The summed E-state index contributed by atoms with van der Waals surface area (Å²) in [7, 11) is 0. The van der Waals surface area contributed by atoms with Crippen LogP contribution in [0.2, 0.25) is 0 Å². The van der Waals surface area contributed by atoms with Crippen molar-refractivity contribution in [3.63, 3.8) is 0 Å². The van der Waals surface area contributed by atoms with Gasteiger partial charge in [0.1, 0.15) is 5.82 Å². The van der Waals surface area contributed by atoms with Crippen molar-refractivity contribution in [3.8, 4) is 11.5 Å². The van der Waals surface area contributed by atoms with Crippen molar-refractivity contribution in [2.24, 2.45) is 0 Å². The zero-order valence-electron chi connectivity index (χ0n) is 9.65. The first-order valence-electron chi connectivity index (χ1n) is 5.71. The smallest absolute Gasteiger partial charge is 0.231 e. The molecule has 2 aromatic heterocycles. The van der Waals surface area contributed by atoms with Gasteiger partial charge in [-0.15, -0.1) is 12.4 Å². The maximum atomic E-state index is 12.8. The summed E-state index contributed by atoms with van der Waals surface area (Å²) < 4.78 is 18.1. The van der Waals surface area contributed by atoms with Crippen molar-refractivity contribution in [2.45, 2.75) is 18.8 Å². The lowest BCUT2D eigenvalue weighted by Gasteiger charge is -2.18. The fraction of sp³-hybridized carbons (Fsp3) is 0.455. The molecular weight excluding hydrogens is 259 g/mol. The van der Waals surface area contributed by atoms with Crippen LogP contribution in [0.1, 0.15) is 24.7 Å². The lowest BCUT2D eigenvalue weighted by atomic mass is 10.00. The van der Waals surface area contributed by atoms with Gasteiger partial charge >= 0.3 is 0 Å². The maximum absolute atomic E-state index is 12.8. The average Bonchev–Trinajstić information content (AvgIpc) is 2.98. The molecule has 2 aromatic rings. The van der Waals surface area contributed by atoms with E-state index in [1.165, 1.54) is 12.3 Å². The second-order valence-corrected chi connectivity index (χ2v) is 4.23. The Kier molecular flexibility index (Phi) is 3.98. The summed E-state index contributed by atoms with van der Waals surface area (Å²) in [5.74, 6) is 0.979. The van der Waals surface area contributed by atoms with Crippen LogP contribution >= 0.6 is 12.4 Å². The predicted octanol–water partition coefficient (Wildman–Crippen LogP) is 2.09. The quantitative estimate of drug-likeness (QED) is 0.879. The molecule has 98 valence electrons. The van der Waals surface area contributed by atoms with Gasteiger partial charge in [0.25, 0.3) is 0 Å². The van der Waals surface area contributed by atoms with Gasteiger partial charge in [-0.05, 0) is 19.4 Å². The van der Waals surface area contributed by atoms with Gasteiger partial charge in [-0.1, -0.05) is 5.16 Å². The molecule has 1 saturated heterocycles. The van der Waals surface area contributed by atoms with Crippen molar-refractivity contribution in [3.05, 3.63) is 24.0 Å². The molecular formula is C11H14ClFN4O. The molecule has 3 heterocycles. The standard InChI is InChI=1S/C11H13FN4O.ClH/c12-8-4-9(14-6-8)10-15-11(17-16-10)7-2-1-3-13-5-7;/h4,6-7,13-14H,1-3,5H2;1H/t7-;/m0./s1. The summed E-state index contributed by atoms with van der Waals surface area (Å²) in [6, 6.07) is 1.35. The van der Waals surface area contributed by atoms with Gasteiger partial charge in [-0.3, -0.25) is 0 Å². The van der Waals surface area contributed by atoms with E-state index in [4.69, 9.17) is 4.52 Å². The van der Waals surface area contributed by atoms with Gasteiger partial charge in [-0.25, -0.2) is 4.39 Å². The van der Waals surface area contributed by atoms with Crippen LogP contribution < -0.4 is 5.32 Å². The van der Waals surface area contributed by atoms with E-state index in [0.29, 0.717) is 17.4 Å². The Bertz CT molecular complexity index is 507. The SMILES string of the molecule is Cl.Fc1c[nH]c(-c2noc([C@H]3CCCNC3)n2)c1. The molecule has 1 atom stereocenters. The number of rotatable bonds is 2. The molecule has 3 rings (SSSR count). The van der Waals surface area contributed by atoms with E-state index in [1.807, 2.05) is 0 Å². The van der Waals surface area contributed by atoms with E-state index >= 15 is 0 Å². The molecule has 7 heteroatoms. The summed E-state index contributed by atoms with van der Waals surface area (Å²) in [4.78, 5) is 7.06. The van der Waals surface area contributed by atoms with Crippen LogP contribution in [-0.4, -0.2) is 28.2 Å². The van der Waals surface area contributed by atoms with Gasteiger partial charge < -0.3 is 14.8 Å². The molecule has 1 aliphatic heterocycles. The molecule has 1 fully saturated rings. The molecule has 0 radical (unpaired) electrons. The third-order valence-electron chi connectivity index (χ3n) is 2.98. The highest BCUT2D eigenvalue weighted by Gasteiger charge is 2.22. The minimum Gasteiger partial charge on any atom is -0.356 e. The number of piperidine rings is 1. The molecule has 0 saturated carbocycles. The molecule has 0 spiro atoms. The van der Waals surface area contributed by atoms with E-state index in [2.05, 4.69) is 20.4 Å². The summed E-state index contributed by atoms with van der Waals surface area (Å²) in [5, 5.41) is 7.15. The maximum Gasteiger partial charge on any atom is 0.231 e. The average molecular weight is 273 g/mol. The Morgan fingerprint density at radius 1 is 1.44 bits per heavy atom. The molecule has 5 nitrogen and oxygen atoms in total. The van der Waals surface area contributed by atoms with Crippen molar-refractivity contribution < 1.29 is 8.91 Å². The van der Waals surface area contributed by atoms with Gasteiger partial charge in [0.05, 0.1) is 11.6 Å². The highest BCUT2D eigenvalue weighted by Crippen LogP contribution is 2.24. The first-order chi connectivity index (χ1) is 8.33. The second-order valence-electron chi connectivity index (χ2n) is 4.23. The third kappa shape index (κ3) is 2.54. The van der Waals surface area contributed by atoms with E-state index in [0.717, 1.165) is 25.9 Å². The summed E-state index contributed by atoms with van der Waals surface area (Å²) in [6.45, 7) is 1.90. The number of aromatic amines is 1. The monoisotopic (exact) mass is 272 g/mol. The molecule has 0 amide bonds. The topological polar surface area (TPSA) is 66.7 Å². The normalized spacial score (nSPS) is 19.5. The number of hydrogen-bond donors (Lipinski definition) is 2. The van der Waals surface area contributed by atoms with Crippen LogP contribution in [0.3, 0.4) is 0 Å². The van der Waals surface area contributed by atoms with E-state index in [-0.39, 0.29) is 24.1 Å². The van der Waals surface area contributed by atoms with Crippen molar-refractivity contribution >= 4 is 12.4 Å². The van der Waals surface area contributed by atoms with E-state index in [9.17, 15) is 4.39 Å². The Labute approximate surface area is 110 Å². The number of nitrogens with zero attached hydrogens (tertiary/aromatic N) is 2. The lowest BCUT2D eigenvalue weighted by Crippen LogP contribution is -2.28. The third-order valence-corrected chi connectivity index (χ3v) is 2.98. The fourth-order valence-electron chi connectivity index (χ4n) is 2.07. The molecule has 0 aromatic carbocycles. The van der Waals surface area contributed by atoms with Crippen LogP contribution in [0, 0.1) is 5.82 Å². The van der Waals surface area contributed by atoms with Gasteiger partial charge in [-0.2, -0.15) is 4.98 Å². The second kappa shape index (κ2) is 5.49. The van der Waals surface area contributed by atoms with Crippen molar-refractivity contribution in [1.82, 2.24) is 20.4 Å². The van der Waals surface area contributed by atoms with Crippen LogP contribution in [-0.2, 0) is 0 Å².